The van der Waals surface area contributed by atoms with E-state index in [1.54, 1.807) is 61.8 Å². The van der Waals surface area contributed by atoms with Crippen LogP contribution in [0.5, 0.6) is 5.75 Å². The Morgan fingerprint density at radius 2 is 1.87 bits per heavy atom. The number of pyridine rings is 1. The Hall–Kier alpha value is -3.64. The summed E-state index contributed by atoms with van der Waals surface area (Å²) < 4.78 is 11.1. The second-order valence-electron chi connectivity index (χ2n) is 6.85. The summed E-state index contributed by atoms with van der Waals surface area (Å²) in [4.78, 5) is 32.6. The smallest absolute Gasteiger partial charge is 0.296 e. The lowest BCUT2D eigenvalue weighted by molar-refractivity contribution is 0.0970. The molecule has 1 amide bonds. The number of carbonyl (C=O) groups is 1. The summed E-state index contributed by atoms with van der Waals surface area (Å²) in [5, 5.41) is 0.747. The minimum absolute atomic E-state index is 0.0151. The number of hydrogen-bond acceptors (Lipinski definition) is 5. The van der Waals surface area contributed by atoms with Crippen LogP contribution < -0.4 is 15.1 Å². The van der Waals surface area contributed by atoms with E-state index < -0.39 is 11.9 Å². The molecule has 1 aliphatic heterocycles. The number of rotatable bonds is 3. The van der Waals surface area contributed by atoms with Gasteiger partial charge in [-0.05, 0) is 48.0 Å². The van der Waals surface area contributed by atoms with Gasteiger partial charge in [-0.25, -0.2) is 4.98 Å². The topological polar surface area (TPSA) is 72.6 Å². The number of hydrogen-bond donors (Lipinski definition) is 0. The molecular formula is C23H15ClN2O4. The maximum absolute atomic E-state index is 13.5. The number of ether oxygens (including phenoxy) is 1. The standard InChI is InChI=1S/C23H15ClN2O4/c1-29-15-8-5-13(6-9-15)20-19-21(27)16-12-14(24)7-10-17(16)30-22(19)23(28)26(20)18-4-2-3-11-25-18/h2-12,20H,1H3. The second kappa shape index (κ2) is 7.00. The molecule has 0 spiro atoms. The number of amides is 1. The van der Waals surface area contributed by atoms with Crippen LogP contribution >= 0.6 is 11.6 Å². The Kier molecular flexibility index (Phi) is 4.29. The molecule has 0 fully saturated rings. The molecule has 0 aliphatic carbocycles. The summed E-state index contributed by atoms with van der Waals surface area (Å²) in [5.41, 5.74) is 1.03. The number of methoxy groups -OCH3 is 1. The zero-order valence-corrected chi connectivity index (χ0v) is 16.6. The summed E-state index contributed by atoms with van der Waals surface area (Å²) in [6, 6.07) is 16.6. The highest BCUT2D eigenvalue weighted by Gasteiger charge is 2.44. The van der Waals surface area contributed by atoms with Crippen LogP contribution in [0.1, 0.15) is 27.7 Å². The summed E-state index contributed by atoms with van der Waals surface area (Å²) in [5.74, 6) is 0.695. The van der Waals surface area contributed by atoms with Crippen LogP contribution in [0.2, 0.25) is 5.02 Å². The maximum Gasteiger partial charge on any atom is 0.296 e. The monoisotopic (exact) mass is 418 g/mol. The fourth-order valence-corrected chi connectivity index (χ4v) is 3.95. The molecule has 0 N–H and O–H groups in total. The molecule has 6 nitrogen and oxygen atoms in total. The first-order valence-corrected chi connectivity index (χ1v) is 9.61. The van der Waals surface area contributed by atoms with Crippen LogP contribution in [0, 0.1) is 0 Å². The molecule has 0 bridgehead atoms. The number of nitrogens with zero attached hydrogens (tertiary/aromatic N) is 2. The molecule has 0 saturated heterocycles. The van der Waals surface area contributed by atoms with Crippen LogP contribution in [0.25, 0.3) is 11.0 Å². The van der Waals surface area contributed by atoms with Crippen molar-refractivity contribution in [3.05, 3.63) is 99.0 Å². The van der Waals surface area contributed by atoms with Gasteiger partial charge in [0, 0.05) is 11.2 Å². The Bertz CT molecular complexity index is 1330. The van der Waals surface area contributed by atoms with E-state index in [0.29, 0.717) is 27.6 Å². The molecule has 148 valence electrons. The molecular weight excluding hydrogens is 404 g/mol. The summed E-state index contributed by atoms with van der Waals surface area (Å²) >= 11 is 6.10. The van der Waals surface area contributed by atoms with Crippen molar-refractivity contribution >= 4 is 34.3 Å². The first kappa shape index (κ1) is 18.4. The van der Waals surface area contributed by atoms with E-state index in [4.69, 9.17) is 20.8 Å². The summed E-state index contributed by atoms with van der Waals surface area (Å²) in [7, 11) is 1.58. The summed E-state index contributed by atoms with van der Waals surface area (Å²) in [6.45, 7) is 0. The van der Waals surface area contributed by atoms with Gasteiger partial charge in [0.2, 0.25) is 5.76 Å². The molecule has 5 rings (SSSR count). The molecule has 2 aromatic carbocycles. The third-order valence-corrected chi connectivity index (χ3v) is 5.39. The van der Waals surface area contributed by atoms with Gasteiger partial charge in [-0.15, -0.1) is 0 Å². The Morgan fingerprint density at radius 3 is 2.57 bits per heavy atom. The van der Waals surface area contributed by atoms with E-state index in [1.165, 1.54) is 4.90 Å². The third-order valence-electron chi connectivity index (χ3n) is 5.16. The van der Waals surface area contributed by atoms with Gasteiger partial charge in [-0.3, -0.25) is 14.5 Å². The highest BCUT2D eigenvalue weighted by Crippen LogP contribution is 2.40. The second-order valence-corrected chi connectivity index (χ2v) is 7.29. The average molecular weight is 419 g/mol. The molecule has 4 aromatic rings. The highest BCUT2D eigenvalue weighted by atomic mass is 35.5. The first-order chi connectivity index (χ1) is 14.6. The fourth-order valence-electron chi connectivity index (χ4n) is 3.78. The molecule has 0 saturated carbocycles. The average Bonchev–Trinajstić information content (AvgIpc) is 3.07. The lowest BCUT2D eigenvalue weighted by Gasteiger charge is -2.24. The number of fused-ring (bicyclic) bond motifs is 2. The van der Waals surface area contributed by atoms with Gasteiger partial charge in [-0.2, -0.15) is 0 Å². The lowest BCUT2D eigenvalue weighted by atomic mass is 9.98. The molecule has 2 aromatic heterocycles. The van der Waals surface area contributed by atoms with Crippen LogP contribution in [0.3, 0.4) is 0 Å². The van der Waals surface area contributed by atoms with E-state index >= 15 is 0 Å². The highest BCUT2D eigenvalue weighted by molar-refractivity contribution is 6.31. The largest absolute Gasteiger partial charge is 0.497 e. The normalized spacial score (nSPS) is 15.5. The zero-order chi connectivity index (χ0) is 20.8. The minimum Gasteiger partial charge on any atom is -0.497 e. The van der Waals surface area contributed by atoms with Gasteiger partial charge in [0.05, 0.1) is 24.1 Å². The van der Waals surface area contributed by atoms with Crippen molar-refractivity contribution < 1.29 is 13.9 Å². The quantitative estimate of drug-likeness (QED) is 0.486. The predicted molar refractivity (Wildman–Crippen MR) is 113 cm³/mol. The fraction of sp³-hybridized carbons (Fsp3) is 0.0870. The van der Waals surface area contributed by atoms with Crippen LogP contribution in [-0.4, -0.2) is 18.0 Å². The summed E-state index contributed by atoms with van der Waals surface area (Å²) in [6.07, 6.45) is 1.60. The molecule has 1 aliphatic rings. The van der Waals surface area contributed by atoms with Crippen molar-refractivity contribution in [3.8, 4) is 5.75 Å². The van der Waals surface area contributed by atoms with Crippen molar-refractivity contribution in [2.45, 2.75) is 6.04 Å². The predicted octanol–water partition coefficient (Wildman–Crippen LogP) is 4.60. The van der Waals surface area contributed by atoms with E-state index in [-0.39, 0.29) is 16.8 Å². The van der Waals surface area contributed by atoms with Gasteiger partial charge in [0.25, 0.3) is 5.91 Å². The van der Waals surface area contributed by atoms with Crippen molar-refractivity contribution in [2.75, 3.05) is 12.0 Å². The van der Waals surface area contributed by atoms with E-state index in [9.17, 15) is 9.59 Å². The molecule has 1 unspecified atom stereocenters. The Morgan fingerprint density at radius 1 is 1.07 bits per heavy atom. The van der Waals surface area contributed by atoms with E-state index in [2.05, 4.69) is 4.98 Å². The van der Waals surface area contributed by atoms with Gasteiger partial charge < -0.3 is 9.15 Å². The van der Waals surface area contributed by atoms with Crippen molar-refractivity contribution in [3.63, 3.8) is 0 Å². The number of halogens is 1. The zero-order valence-electron chi connectivity index (χ0n) is 15.8. The molecule has 3 heterocycles. The Balaban J connectivity index is 1.80. The van der Waals surface area contributed by atoms with Crippen LogP contribution in [0.4, 0.5) is 5.82 Å². The number of aromatic nitrogens is 1. The number of carbonyl (C=O) groups excluding carboxylic acids is 1. The Labute approximate surface area is 176 Å². The SMILES string of the molecule is COc1ccc(C2c3c(oc4ccc(Cl)cc4c3=O)C(=O)N2c2ccccn2)cc1. The first-order valence-electron chi connectivity index (χ1n) is 9.23. The van der Waals surface area contributed by atoms with E-state index in [0.717, 1.165) is 5.56 Å². The van der Waals surface area contributed by atoms with Crippen LogP contribution in [0.15, 0.2) is 76.1 Å². The maximum atomic E-state index is 13.5. The third kappa shape index (κ3) is 2.76. The van der Waals surface area contributed by atoms with Gasteiger partial charge in [0.15, 0.2) is 5.43 Å². The lowest BCUT2D eigenvalue weighted by Crippen LogP contribution is -2.30. The molecule has 30 heavy (non-hydrogen) atoms. The number of benzene rings is 2. The van der Waals surface area contributed by atoms with E-state index in [1.807, 2.05) is 12.1 Å². The van der Waals surface area contributed by atoms with Crippen molar-refractivity contribution in [2.24, 2.45) is 0 Å². The molecule has 7 heteroatoms. The van der Waals surface area contributed by atoms with Gasteiger partial charge in [-0.1, -0.05) is 29.8 Å². The van der Waals surface area contributed by atoms with Gasteiger partial charge >= 0.3 is 0 Å². The van der Waals surface area contributed by atoms with Crippen molar-refractivity contribution in [1.29, 1.82) is 0 Å². The molecule has 0 radical (unpaired) electrons. The van der Waals surface area contributed by atoms with Crippen molar-refractivity contribution in [1.82, 2.24) is 4.98 Å². The molecule has 1 atom stereocenters. The van der Waals surface area contributed by atoms with Gasteiger partial charge in [0.1, 0.15) is 17.2 Å². The minimum atomic E-state index is -0.687. The number of anilines is 1. The van der Waals surface area contributed by atoms with Crippen LogP contribution in [-0.2, 0) is 0 Å².